The second-order valence-corrected chi connectivity index (χ2v) is 4.48. The highest BCUT2D eigenvalue weighted by Gasteiger charge is 2.05. The fourth-order valence-corrected chi connectivity index (χ4v) is 1.55. The van der Waals surface area contributed by atoms with E-state index in [1.54, 1.807) is 24.3 Å². The first kappa shape index (κ1) is 15.0. The van der Waals surface area contributed by atoms with Crippen LogP contribution in [0.2, 0.25) is 0 Å². The summed E-state index contributed by atoms with van der Waals surface area (Å²) in [6.07, 6.45) is 0.903. The van der Waals surface area contributed by atoms with Crippen LogP contribution in [0.5, 0.6) is 0 Å². The van der Waals surface area contributed by atoms with Gasteiger partial charge in [0, 0.05) is 17.8 Å². The van der Waals surface area contributed by atoms with Crippen molar-refractivity contribution >= 4 is 17.6 Å². The predicted octanol–water partition coefficient (Wildman–Crippen LogP) is 0.859. The van der Waals surface area contributed by atoms with E-state index in [0.717, 1.165) is 13.0 Å². The summed E-state index contributed by atoms with van der Waals surface area (Å²) in [7, 11) is 3.98. The smallest absolute Gasteiger partial charge is 0.316 e. The highest BCUT2D eigenvalue weighted by atomic mass is 16.2. The van der Waals surface area contributed by atoms with E-state index in [9.17, 15) is 9.59 Å². The van der Waals surface area contributed by atoms with E-state index >= 15 is 0 Å². The molecule has 0 radical (unpaired) electrons. The summed E-state index contributed by atoms with van der Waals surface area (Å²) in [5.74, 6) is -0.121. The third kappa shape index (κ3) is 5.87. The molecule has 4 N–H and O–H groups in total. The summed E-state index contributed by atoms with van der Waals surface area (Å²) < 4.78 is 0. The molecule has 6 heteroatoms. The number of urea groups is 1. The van der Waals surface area contributed by atoms with Gasteiger partial charge in [0.15, 0.2) is 0 Å². The van der Waals surface area contributed by atoms with Gasteiger partial charge in [0.1, 0.15) is 0 Å². The lowest BCUT2D eigenvalue weighted by atomic mass is 10.2. The van der Waals surface area contributed by atoms with Crippen molar-refractivity contribution in [2.24, 2.45) is 5.73 Å². The number of primary amides is 1. The highest BCUT2D eigenvalue weighted by molar-refractivity contribution is 5.95. The Labute approximate surface area is 113 Å². The second-order valence-electron chi connectivity index (χ2n) is 4.48. The van der Waals surface area contributed by atoms with Crippen LogP contribution in [-0.4, -0.2) is 44.0 Å². The lowest BCUT2D eigenvalue weighted by molar-refractivity contribution is 0.0952. The molecular weight excluding hydrogens is 244 g/mol. The van der Waals surface area contributed by atoms with Crippen LogP contribution < -0.4 is 16.4 Å². The molecule has 104 valence electrons. The zero-order valence-electron chi connectivity index (χ0n) is 11.3. The maximum Gasteiger partial charge on any atom is 0.316 e. The van der Waals surface area contributed by atoms with Gasteiger partial charge < -0.3 is 21.3 Å². The number of carbonyl (C=O) groups excluding carboxylic acids is 2. The van der Waals surface area contributed by atoms with Gasteiger partial charge in [-0.25, -0.2) is 4.79 Å². The van der Waals surface area contributed by atoms with Crippen molar-refractivity contribution in [1.29, 1.82) is 0 Å². The molecule has 6 nitrogen and oxygen atoms in total. The van der Waals surface area contributed by atoms with E-state index in [-0.39, 0.29) is 5.91 Å². The number of hydrogen-bond acceptors (Lipinski definition) is 3. The molecule has 0 aromatic heterocycles. The normalized spacial score (nSPS) is 10.3. The standard InChI is InChI=1S/C13H20N4O2/c1-17(2)9-3-8-15-12(18)10-4-6-11(7-5-10)16-13(14)19/h4-7H,3,8-9H2,1-2H3,(H,15,18)(H3,14,16,19). The molecule has 0 atom stereocenters. The van der Waals surface area contributed by atoms with Crippen molar-refractivity contribution < 1.29 is 9.59 Å². The molecule has 0 heterocycles. The number of nitrogens with two attached hydrogens (primary N) is 1. The molecule has 0 aliphatic heterocycles. The van der Waals surface area contributed by atoms with Crippen molar-refractivity contribution in [1.82, 2.24) is 10.2 Å². The van der Waals surface area contributed by atoms with E-state index in [4.69, 9.17) is 5.73 Å². The monoisotopic (exact) mass is 264 g/mol. The van der Waals surface area contributed by atoms with Crippen LogP contribution in [0.1, 0.15) is 16.8 Å². The fourth-order valence-electron chi connectivity index (χ4n) is 1.55. The number of nitrogens with zero attached hydrogens (tertiary/aromatic N) is 1. The maximum atomic E-state index is 11.8. The second kappa shape index (κ2) is 7.38. The lowest BCUT2D eigenvalue weighted by Crippen LogP contribution is -2.27. The third-order valence-corrected chi connectivity index (χ3v) is 2.48. The minimum Gasteiger partial charge on any atom is -0.352 e. The zero-order valence-corrected chi connectivity index (χ0v) is 11.3. The average molecular weight is 264 g/mol. The summed E-state index contributed by atoms with van der Waals surface area (Å²) in [6, 6.07) is 5.94. The van der Waals surface area contributed by atoms with Gasteiger partial charge in [0.05, 0.1) is 0 Å². The van der Waals surface area contributed by atoms with E-state index in [2.05, 4.69) is 15.5 Å². The van der Waals surface area contributed by atoms with Crippen molar-refractivity contribution in [3.63, 3.8) is 0 Å². The highest BCUT2D eigenvalue weighted by Crippen LogP contribution is 2.09. The first-order valence-electron chi connectivity index (χ1n) is 6.08. The number of amides is 3. The minimum absolute atomic E-state index is 0.121. The van der Waals surface area contributed by atoms with E-state index in [0.29, 0.717) is 17.8 Å². The van der Waals surface area contributed by atoms with Gasteiger partial charge in [0.25, 0.3) is 5.91 Å². The molecule has 1 rings (SSSR count). The van der Waals surface area contributed by atoms with Gasteiger partial charge in [-0.3, -0.25) is 4.79 Å². The molecule has 0 fully saturated rings. The van der Waals surface area contributed by atoms with Crippen LogP contribution in [0, 0.1) is 0 Å². The van der Waals surface area contributed by atoms with E-state index in [1.165, 1.54) is 0 Å². The largest absolute Gasteiger partial charge is 0.352 e. The van der Waals surface area contributed by atoms with Gasteiger partial charge >= 0.3 is 6.03 Å². The maximum absolute atomic E-state index is 11.8. The summed E-state index contributed by atoms with van der Waals surface area (Å²) in [5.41, 5.74) is 6.12. The van der Waals surface area contributed by atoms with Crippen LogP contribution in [-0.2, 0) is 0 Å². The quantitative estimate of drug-likeness (QED) is 0.666. The molecular formula is C13H20N4O2. The number of nitrogens with one attached hydrogen (secondary N) is 2. The Kier molecular flexibility index (Phi) is 5.81. The number of rotatable bonds is 6. The topological polar surface area (TPSA) is 87.5 Å². The fraction of sp³-hybridized carbons (Fsp3) is 0.385. The zero-order chi connectivity index (χ0) is 14.3. The first-order valence-corrected chi connectivity index (χ1v) is 6.08. The van der Waals surface area contributed by atoms with Crippen LogP contribution in [0.3, 0.4) is 0 Å². The van der Waals surface area contributed by atoms with Crippen LogP contribution in [0.25, 0.3) is 0 Å². The SMILES string of the molecule is CN(C)CCCNC(=O)c1ccc(NC(N)=O)cc1. The van der Waals surface area contributed by atoms with Gasteiger partial charge in [-0.2, -0.15) is 0 Å². The number of hydrogen-bond donors (Lipinski definition) is 3. The number of anilines is 1. The molecule has 0 unspecified atom stereocenters. The molecule has 0 bridgehead atoms. The molecule has 0 saturated heterocycles. The van der Waals surface area contributed by atoms with Crippen LogP contribution >= 0.6 is 0 Å². The number of carbonyl (C=O) groups is 2. The van der Waals surface area contributed by atoms with E-state index in [1.807, 2.05) is 14.1 Å². The molecule has 1 aromatic rings. The first-order chi connectivity index (χ1) is 8.99. The molecule has 0 aliphatic carbocycles. The van der Waals surface area contributed by atoms with Crippen LogP contribution in [0.15, 0.2) is 24.3 Å². The average Bonchev–Trinajstić information content (AvgIpc) is 2.34. The minimum atomic E-state index is -0.624. The van der Waals surface area contributed by atoms with Crippen LogP contribution in [0.4, 0.5) is 10.5 Å². The molecule has 3 amide bonds. The summed E-state index contributed by atoms with van der Waals surface area (Å²) in [6.45, 7) is 1.57. The Bertz CT molecular complexity index is 429. The van der Waals surface area contributed by atoms with Crippen molar-refractivity contribution in [2.75, 3.05) is 32.5 Å². The molecule has 0 aliphatic rings. The Morgan fingerprint density at radius 3 is 2.37 bits per heavy atom. The molecule has 0 saturated carbocycles. The van der Waals surface area contributed by atoms with Gasteiger partial charge in [-0.15, -0.1) is 0 Å². The Morgan fingerprint density at radius 2 is 1.84 bits per heavy atom. The van der Waals surface area contributed by atoms with Gasteiger partial charge in [0.2, 0.25) is 0 Å². The predicted molar refractivity (Wildman–Crippen MR) is 75.2 cm³/mol. The Morgan fingerprint density at radius 1 is 1.21 bits per heavy atom. The van der Waals surface area contributed by atoms with Crippen molar-refractivity contribution in [3.8, 4) is 0 Å². The van der Waals surface area contributed by atoms with Crippen molar-refractivity contribution in [2.45, 2.75) is 6.42 Å². The lowest BCUT2D eigenvalue weighted by Gasteiger charge is -2.10. The molecule has 0 spiro atoms. The Balaban J connectivity index is 2.42. The third-order valence-electron chi connectivity index (χ3n) is 2.48. The van der Waals surface area contributed by atoms with Gasteiger partial charge in [-0.1, -0.05) is 0 Å². The van der Waals surface area contributed by atoms with Crippen molar-refractivity contribution in [3.05, 3.63) is 29.8 Å². The Hall–Kier alpha value is -2.08. The summed E-state index contributed by atoms with van der Waals surface area (Å²) in [5, 5.41) is 5.27. The molecule has 19 heavy (non-hydrogen) atoms. The van der Waals surface area contributed by atoms with Gasteiger partial charge in [-0.05, 0) is 51.3 Å². The summed E-state index contributed by atoms with van der Waals surface area (Å²) in [4.78, 5) is 24.5. The van der Waals surface area contributed by atoms with E-state index < -0.39 is 6.03 Å². The molecule has 1 aromatic carbocycles. The number of benzene rings is 1. The summed E-state index contributed by atoms with van der Waals surface area (Å²) >= 11 is 0.